The number of anilines is 1. The lowest BCUT2D eigenvalue weighted by Gasteiger charge is -2.13. The van der Waals surface area contributed by atoms with Crippen LogP contribution in [0.3, 0.4) is 0 Å². The minimum absolute atomic E-state index is 0.0494. The summed E-state index contributed by atoms with van der Waals surface area (Å²) in [5, 5.41) is 29.7. The summed E-state index contributed by atoms with van der Waals surface area (Å²) in [4.78, 5) is 47.8. The first kappa shape index (κ1) is 28.8. The summed E-state index contributed by atoms with van der Waals surface area (Å²) in [6.07, 6.45) is 2.79. The highest BCUT2D eigenvalue weighted by Gasteiger charge is 2.31. The van der Waals surface area contributed by atoms with Crippen molar-refractivity contribution in [2.24, 2.45) is 5.10 Å². The van der Waals surface area contributed by atoms with Gasteiger partial charge in [-0.2, -0.15) is 10.1 Å². The zero-order chi connectivity index (χ0) is 30.3. The fourth-order valence-corrected chi connectivity index (χ4v) is 4.53. The average Bonchev–Trinajstić information content (AvgIpc) is 3.40. The first-order valence-electron chi connectivity index (χ1n) is 10.8. The van der Waals surface area contributed by atoms with Crippen molar-refractivity contribution in [2.45, 2.75) is 9.79 Å². The number of carboxylic acid groups (broad SMARTS) is 2. The van der Waals surface area contributed by atoms with E-state index in [0.717, 1.165) is 66.8 Å². The van der Waals surface area contributed by atoms with Crippen LogP contribution in [-0.4, -0.2) is 59.3 Å². The number of carboxylic acids is 2. The zero-order valence-corrected chi connectivity index (χ0v) is 21.5. The van der Waals surface area contributed by atoms with Gasteiger partial charge in [0.1, 0.15) is 25.9 Å². The van der Waals surface area contributed by atoms with Gasteiger partial charge in [-0.25, -0.2) is 21.5 Å². The summed E-state index contributed by atoms with van der Waals surface area (Å²) >= 11 is 0. The van der Waals surface area contributed by atoms with E-state index in [-0.39, 0.29) is 11.4 Å². The van der Waals surface area contributed by atoms with Crippen molar-refractivity contribution in [1.82, 2.24) is 9.78 Å². The highest BCUT2D eigenvalue weighted by atomic mass is 32.2. The molecule has 1 aliphatic heterocycles. The molecule has 41 heavy (non-hydrogen) atoms. The Hall–Kier alpha value is -5.17. The highest BCUT2D eigenvalue weighted by Crippen LogP contribution is 2.25. The van der Waals surface area contributed by atoms with E-state index in [0.29, 0.717) is 9.69 Å². The summed E-state index contributed by atoms with van der Waals surface area (Å²) < 4.78 is 67.4. The average molecular weight is 600 g/mol. The van der Waals surface area contributed by atoms with Crippen LogP contribution < -0.4 is 20.8 Å². The molecule has 4 rings (SSSR count). The summed E-state index contributed by atoms with van der Waals surface area (Å²) in [6, 6.07) is 7.74. The van der Waals surface area contributed by atoms with Gasteiger partial charge in [0.05, 0.1) is 49.9 Å². The number of benzene rings is 2. The number of nitrogens with one attached hydrogen (secondary N) is 1. The quantitative estimate of drug-likeness (QED) is 0.206. The summed E-state index contributed by atoms with van der Waals surface area (Å²) in [7, 11) is -9.58. The Morgan fingerprint density at radius 1 is 0.805 bits per heavy atom. The van der Waals surface area contributed by atoms with Gasteiger partial charge >= 0.3 is 0 Å². The van der Waals surface area contributed by atoms with Crippen LogP contribution in [0.5, 0.6) is 0 Å². The van der Waals surface area contributed by atoms with Crippen LogP contribution in [0.4, 0.5) is 5.69 Å². The second-order valence-corrected chi connectivity index (χ2v) is 10.8. The number of amides is 1. The number of carbonyl (C=O) groups excluding carboxylic acids is 3. The predicted octanol–water partition coefficient (Wildman–Crippen LogP) is -2.57. The smallest absolute Gasteiger partial charge is 0.281 e. The van der Waals surface area contributed by atoms with E-state index >= 15 is 0 Å². The third-order valence-corrected chi connectivity index (χ3v) is 7.18. The fourth-order valence-electron chi connectivity index (χ4n) is 3.59. The first-order valence-corrected chi connectivity index (χ1v) is 13.6. The van der Waals surface area contributed by atoms with Gasteiger partial charge in [0.15, 0.2) is 0 Å². The van der Waals surface area contributed by atoms with Crippen molar-refractivity contribution in [3.05, 3.63) is 87.9 Å². The van der Waals surface area contributed by atoms with Crippen LogP contribution in [0.2, 0.25) is 0 Å². The van der Waals surface area contributed by atoms with Crippen molar-refractivity contribution < 1.29 is 50.5 Å². The maximum Gasteiger partial charge on any atom is 0.281 e. The van der Waals surface area contributed by atoms with Crippen molar-refractivity contribution in [1.29, 1.82) is 0 Å². The largest absolute Gasteiger partial charge is 0.744 e. The monoisotopic (exact) mass is 600 g/mol. The molecular formula is C23H12N4O12S2-4. The van der Waals surface area contributed by atoms with Crippen LogP contribution in [0.15, 0.2) is 85.9 Å². The molecule has 0 aliphatic carbocycles. The number of H-pyrrole nitrogens is 1. The summed E-state index contributed by atoms with van der Waals surface area (Å²) in [5.41, 5.74) is -3.76. The van der Waals surface area contributed by atoms with Crippen molar-refractivity contribution >= 4 is 55.6 Å². The van der Waals surface area contributed by atoms with Crippen LogP contribution in [0.25, 0.3) is 11.8 Å². The number of allylic oxidation sites excluding steroid dienone is 2. The Kier molecular flexibility index (Phi) is 7.33. The number of carbonyl (C=O) groups is 3. The number of hydrazone groups is 1. The minimum atomic E-state index is -4.79. The molecule has 0 spiro atoms. The molecule has 0 radical (unpaired) electrons. The molecule has 1 aliphatic rings. The van der Waals surface area contributed by atoms with Gasteiger partial charge in [0, 0.05) is 0 Å². The van der Waals surface area contributed by atoms with E-state index in [2.05, 4.69) is 10.2 Å². The lowest BCUT2D eigenvalue weighted by Crippen LogP contribution is -2.32. The van der Waals surface area contributed by atoms with Gasteiger partial charge < -0.3 is 28.9 Å². The molecule has 18 heteroatoms. The Morgan fingerprint density at radius 2 is 1.32 bits per heavy atom. The topological polar surface area (TPSA) is 265 Å². The molecule has 0 unspecified atom stereocenters. The van der Waals surface area contributed by atoms with Gasteiger partial charge in [-0.05, 0) is 60.7 Å². The molecule has 2 aromatic carbocycles. The van der Waals surface area contributed by atoms with Gasteiger partial charge in [0.2, 0.25) is 0 Å². The SMILES string of the molecule is O=C([O-])C1=NN(c2ccc(S(=O)(=O)[O-])cc2)C(=O)C1=CC=Cc1c(C(=O)[O-])[nH]n(-c2ccc(S(=O)(=O)[O-])cc2)c1=O. The predicted molar refractivity (Wildman–Crippen MR) is 130 cm³/mol. The molecule has 3 aromatic rings. The number of hydrogen-bond donors (Lipinski definition) is 1. The number of aromatic nitrogens is 2. The number of aliphatic carboxylic acids is 1. The molecule has 1 aromatic heterocycles. The van der Waals surface area contributed by atoms with Crippen LogP contribution in [-0.2, 0) is 29.8 Å². The molecule has 0 bridgehead atoms. The molecule has 16 nitrogen and oxygen atoms in total. The van der Waals surface area contributed by atoms with Crippen molar-refractivity contribution in [3.8, 4) is 5.69 Å². The maximum atomic E-state index is 12.9. The minimum Gasteiger partial charge on any atom is -0.744 e. The highest BCUT2D eigenvalue weighted by molar-refractivity contribution is 7.86. The van der Waals surface area contributed by atoms with Crippen molar-refractivity contribution in [2.75, 3.05) is 5.01 Å². The summed E-state index contributed by atoms with van der Waals surface area (Å²) in [6.45, 7) is 0. The summed E-state index contributed by atoms with van der Waals surface area (Å²) in [5.74, 6) is -4.72. The lowest BCUT2D eigenvalue weighted by molar-refractivity contribution is -0.294. The van der Waals surface area contributed by atoms with E-state index in [1.807, 2.05) is 0 Å². The number of nitrogens with zero attached hydrogens (tertiary/aromatic N) is 3. The number of aromatic amines is 1. The molecule has 1 amide bonds. The van der Waals surface area contributed by atoms with E-state index in [9.17, 15) is 55.3 Å². The molecule has 0 atom stereocenters. The molecule has 1 N–H and O–H groups in total. The Labute approximate surface area is 229 Å². The van der Waals surface area contributed by atoms with E-state index in [1.165, 1.54) is 0 Å². The molecule has 0 fully saturated rings. The van der Waals surface area contributed by atoms with Crippen LogP contribution in [0.1, 0.15) is 16.1 Å². The standard InChI is InChI=1S/C23H16N4O12S2/c28-20-16(18(22(30)31)24-26(20)12-4-8-14(9-5-12)40(34,35)36)2-1-3-17-19(23(32)33)25-27(21(17)29)13-6-10-15(11-7-13)41(37,38)39/h1-11,24H,(H,30,31)(H,32,33)(H,34,35,36)(H,37,38,39)/p-4. The Balaban J connectivity index is 1.69. The second-order valence-electron chi connectivity index (χ2n) is 8.02. The third kappa shape index (κ3) is 5.75. The van der Waals surface area contributed by atoms with E-state index in [4.69, 9.17) is 0 Å². The molecule has 2 heterocycles. The first-order chi connectivity index (χ1) is 19.1. The van der Waals surface area contributed by atoms with Gasteiger partial charge in [-0.1, -0.05) is 6.08 Å². The van der Waals surface area contributed by atoms with Gasteiger partial charge in [0.25, 0.3) is 11.5 Å². The Morgan fingerprint density at radius 3 is 1.78 bits per heavy atom. The third-order valence-electron chi connectivity index (χ3n) is 5.48. The van der Waals surface area contributed by atoms with Gasteiger partial charge in [-0.15, -0.1) is 0 Å². The number of rotatable bonds is 8. The molecule has 0 saturated heterocycles. The molecule has 212 valence electrons. The molecular weight excluding hydrogens is 588 g/mol. The number of hydrogen-bond acceptors (Lipinski definition) is 13. The fraction of sp³-hybridized carbons (Fsp3) is 0. The van der Waals surface area contributed by atoms with Gasteiger partial charge in [-0.3, -0.25) is 14.7 Å². The van der Waals surface area contributed by atoms with E-state index < -0.39 is 76.0 Å². The zero-order valence-electron chi connectivity index (χ0n) is 19.9. The maximum absolute atomic E-state index is 12.9. The van der Waals surface area contributed by atoms with Crippen LogP contribution in [0, 0.1) is 0 Å². The normalized spacial score (nSPS) is 15.1. The number of aromatic carboxylic acids is 1. The van der Waals surface area contributed by atoms with Crippen LogP contribution >= 0.6 is 0 Å². The Bertz CT molecular complexity index is 1970. The molecule has 0 saturated carbocycles. The van der Waals surface area contributed by atoms with Crippen molar-refractivity contribution in [3.63, 3.8) is 0 Å². The van der Waals surface area contributed by atoms with E-state index in [1.54, 1.807) is 0 Å². The lowest BCUT2D eigenvalue weighted by atomic mass is 10.1. The second kappa shape index (κ2) is 10.4.